The number of phenolic OH excluding ortho intramolecular Hbond substituents is 1. The van der Waals surface area contributed by atoms with Gasteiger partial charge in [-0.2, -0.15) is 0 Å². The molecule has 0 bridgehead atoms. The first-order valence-corrected chi connectivity index (χ1v) is 4.70. The number of carbonyl (C=O) groups excluding carboxylic acids is 1. The van der Waals surface area contributed by atoms with Gasteiger partial charge >= 0.3 is 0 Å². The Hall–Kier alpha value is -1.06. The molecule has 0 spiro atoms. The largest absolute Gasteiger partial charge is 0.509 e. The van der Waals surface area contributed by atoms with Gasteiger partial charge in [0, 0.05) is 5.69 Å². The Morgan fingerprint density at radius 3 is 1.67 bits per heavy atom. The third kappa shape index (κ3) is 2.68. The summed E-state index contributed by atoms with van der Waals surface area (Å²) in [7, 11) is 37.7. The van der Waals surface area contributed by atoms with Gasteiger partial charge in [0.15, 0.2) is 0 Å². The molecule has 2 N–H and O–H groups in total. The van der Waals surface area contributed by atoms with E-state index in [0.29, 0.717) is 0 Å². The summed E-state index contributed by atoms with van der Waals surface area (Å²) in [5.41, 5.74) is -0.908. The second-order valence-electron chi connectivity index (χ2n) is 3.77. The second-order valence-corrected chi connectivity index (χ2v) is 3.77. The molecule has 0 fully saturated rings. The molecule has 1 rings (SSSR count). The van der Waals surface area contributed by atoms with Crippen molar-refractivity contribution in [2.75, 3.05) is 5.32 Å². The predicted octanol–water partition coefficient (Wildman–Crippen LogP) is -4.91. The lowest BCUT2D eigenvalue weighted by atomic mass is 9.42. The van der Waals surface area contributed by atoms with E-state index in [0.717, 1.165) is 0 Å². The summed E-state index contributed by atoms with van der Waals surface area (Å²) in [6, 6.07) is 0. The lowest BCUT2D eigenvalue weighted by Gasteiger charge is -2.24. The molecule has 72 valence electrons. The molecule has 3 nitrogen and oxygen atoms in total. The summed E-state index contributed by atoms with van der Waals surface area (Å²) in [4.78, 5) is 11.5. The summed E-state index contributed by atoms with van der Waals surface area (Å²) in [5, 5.41) is 9.56. The number of benzene rings is 1. The second kappa shape index (κ2) is 4.90. The number of anilines is 1. The third-order valence-electron chi connectivity index (χ3n) is 2.26. The van der Waals surface area contributed by atoms with Gasteiger partial charge in [-0.25, -0.2) is 0 Å². The van der Waals surface area contributed by atoms with Crippen molar-refractivity contribution in [2.45, 2.75) is 5.11 Å². The molecule has 0 atom stereocenters. The van der Waals surface area contributed by atoms with Gasteiger partial charge < -0.3 is 10.4 Å². The summed E-state index contributed by atoms with van der Waals surface area (Å²) in [6.07, 6.45) is 0. The molecule has 18 heavy (non-hydrogen) atoms. The molecule has 14 radical (unpaired) electrons. The Labute approximate surface area is 115 Å². The third-order valence-corrected chi connectivity index (χ3v) is 2.26. The molecule has 0 aromatic heterocycles. The van der Waals surface area contributed by atoms with E-state index in [1.807, 2.05) is 0 Å². The van der Waals surface area contributed by atoms with Crippen LogP contribution in [0, 0.1) is 0 Å². The minimum absolute atomic E-state index is 0.112. The first-order chi connectivity index (χ1) is 8.07. The number of rotatable bonds is 2. The fraction of sp³-hybridized carbons (Fsp3) is 0.125. The van der Waals surface area contributed by atoms with Crippen molar-refractivity contribution >= 4 is 88.4 Å². The minimum atomic E-state index is -2.12. The Morgan fingerprint density at radius 1 is 0.944 bits per heavy atom. The molecule has 0 heterocycles. The van der Waals surface area contributed by atoms with Crippen molar-refractivity contribution in [1.29, 1.82) is 0 Å². The molecule has 0 saturated heterocycles. The van der Waals surface area contributed by atoms with Gasteiger partial charge in [0.1, 0.15) is 31.4 Å². The SMILES string of the molecule is [B]c1c([B])c(NC(=O)C([B])([B])[B])c([B])c([B])c1O. The molecule has 0 aliphatic rings. The van der Waals surface area contributed by atoms with Crippen LogP contribution in [0.25, 0.3) is 0 Å². The van der Waals surface area contributed by atoms with Crippen molar-refractivity contribution in [3.63, 3.8) is 0 Å². The highest BCUT2D eigenvalue weighted by Crippen LogP contribution is 2.12. The average Bonchev–Trinajstić information content (AvgIpc) is 2.28. The number of nitrogens with one attached hydrogen (secondary N) is 1. The topological polar surface area (TPSA) is 49.3 Å². The maximum atomic E-state index is 11.5. The number of hydrogen-bond donors (Lipinski definition) is 2. The maximum absolute atomic E-state index is 11.5. The number of carbonyl (C=O) groups is 1. The van der Waals surface area contributed by atoms with E-state index in [2.05, 4.69) is 5.32 Å². The smallest absolute Gasteiger partial charge is 0.205 e. The lowest BCUT2D eigenvalue weighted by Crippen LogP contribution is -2.45. The highest BCUT2D eigenvalue weighted by Gasteiger charge is 2.22. The van der Waals surface area contributed by atoms with E-state index in [1.54, 1.807) is 0 Å². The van der Waals surface area contributed by atoms with Crippen molar-refractivity contribution in [2.24, 2.45) is 0 Å². The van der Waals surface area contributed by atoms with Crippen LogP contribution in [0.5, 0.6) is 5.75 Å². The van der Waals surface area contributed by atoms with E-state index in [9.17, 15) is 9.90 Å². The highest BCUT2D eigenvalue weighted by atomic mass is 16.3. The molecular weight excluding hydrogens is 218 g/mol. The Morgan fingerprint density at radius 2 is 1.33 bits per heavy atom. The molecule has 0 aliphatic heterocycles. The monoisotopic (exact) mass is 221 g/mol. The van der Waals surface area contributed by atoms with E-state index < -0.39 is 16.8 Å². The van der Waals surface area contributed by atoms with Crippen molar-refractivity contribution in [3.05, 3.63) is 0 Å². The summed E-state index contributed by atoms with van der Waals surface area (Å²) < 4.78 is 0. The fourth-order valence-corrected chi connectivity index (χ4v) is 1.17. The number of amides is 1. The molecule has 0 unspecified atom stereocenters. The van der Waals surface area contributed by atoms with E-state index in [-0.39, 0.29) is 27.5 Å². The van der Waals surface area contributed by atoms with Gasteiger partial charge in [-0.3, -0.25) is 4.79 Å². The highest BCUT2D eigenvalue weighted by molar-refractivity contribution is 6.70. The number of hydrogen-bond acceptors (Lipinski definition) is 2. The summed E-state index contributed by atoms with van der Waals surface area (Å²) in [5.74, 6) is -1.42. The van der Waals surface area contributed by atoms with Crippen molar-refractivity contribution < 1.29 is 9.90 Å². The maximum Gasteiger partial charge on any atom is 0.205 e. The molecule has 0 saturated carbocycles. The number of aromatic hydroxyl groups is 1. The molecule has 0 aliphatic carbocycles. The van der Waals surface area contributed by atoms with Gasteiger partial charge in [-0.1, -0.05) is 27.0 Å². The van der Waals surface area contributed by atoms with Crippen molar-refractivity contribution in [3.8, 4) is 5.75 Å². The zero-order valence-corrected chi connectivity index (χ0v) is 9.40. The standard InChI is InChI=1S/C8H2B7NO2/c9-1-3(11)6(17)4(12)2(10)5(1)16-7(18)8(13,14)15/h17H,(H,16,18). The van der Waals surface area contributed by atoms with Crippen LogP contribution in [0.3, 0.4) is 0 Å². The zero-order valence-electron chi connectivity index (χ0n) is 9.40. The van der Waals surface area contributed by atoms with Gasteiger partial charge in [-0.05, 0) is 0 Å². The molecule has 1 aromatic carbocycles. The Balaban J connectivity index is 3.31. The van der Waals surface area contributed by atoms with Crippen LogP contribution >= 0.6 is 0 Å². The van der Waals surface area contributed by atoms with Crippen LogP contribution in [-0.4, -0.2) is 65.9 Å². The Bertz CT molecular complexity index is 482. The Kier molecular flexibility index (Phi) is 4.09. The van der Waals surface area contributed by atoms with Crippen LogP contribution in [0.2, 0.25) is 5.11 Å². The molecular formula is C8H2B7NO2. The van der Waals surface area contributed by atoms with E-state index in [4.69, 9.17) is 54.9 Å². The average molecular weight is 220 g/mol. The normalized spacial score (nSPS) is 11.1. The quantitative estimate of drug-likeness (QED) is 0.387. The zero-order chi connectivity index (χ0) is 14.2. The van der Waals surface area contributed by atoms with Gasteiger partial charge in [0.25, 0.3) is 0 Å². The van der Waals surface area contributed by atoms with Gasteiger partial charge in [0.05, 0.1) is 29.3 Å². The molecule has 1 amide bonds. The van der Waals surface area contributed by atoms with Crippen LogP contribution in [0.1, 0.15) is 0 Å². The van der Waals surface area contributed by atoms with Crippen LogP contribution in [0.4, 0.5) is 5.69 Å². The van der Waals surface area contributed by atoms with E-state index >= 15 is 0 Å². The summed E-state index contributed by atoms with van der Waals surface area (Å²) in [6.45, 7) is 0. The fourth-order valence-electron chi connectivity index (χ4n) is 1.17. The summed E-state index contributed by atoms with van der Waals surface area (Å²) >= 11 is 0. The van der Waals surface area contributed by atoms with Gasteiger partial charge in [-0.15, -0.1) is 0 Å². The lowest BCUT2D eigenvalue weighted by molar-refractivity contribution is -0.115. The first kappa shape index (κ1) is 15.0. The van der Waals surface area contributed by atoms with Crippen LogP contribution in [0.15, 0.2) is 0 Å². The predicted molar refractivity (Wildman–Crippen MR) is 78.2 cm³/mol. The minimum Gasteiger partial charge on any atom is -0.509 e. The number of phenols is 1. The van der Waals surface area contributed by atoms with Gasteiger partial charge in [0.2, 0.25) is 5.91 Å². The van der Waals surface area contributed by atoms with Crippen molar-refractivity contribution in [1.82, 2.24) is 0 Å². The molecule has 10 heteroatoms. The molecule has 1 aromatic rings. The van der Waals surface area contributed by atoms with Crippen LogP contribution < -0.4 is 27.2 Å². The van der Waals surface area contributed by atoms with E-state index in [1.165, 1.54) is 0 Å². The first-order valence-electron chi connectivity index (χ1n) is 4.70. The van der Waals surface area contributed by atoms with Crippen LogP contribution in [-0.2, 0) is 4.79 Å².